The zero-order valence-electron chi connectivity index (χ0n) is 13.0. The summed E-state index contributed by atoms with van der Waals surface area (Å²) in [5.74, 6) is -0.499. The van der Waals surface area contributed by atoms with Crippen molar-refractivity contribution in [3.8, 4) is 0 Å². The number of amides is 2. The van der Waals surface area contributed by atoms with E-state index in [1.807, 2.05) is 0 Å². The molecule has 136 valence electrons. The lowest BCUT2D eigenvalue weighted by molar-refractivity contribution is -0.140. The van der Waals surface area contributed by atoms with E-state index in [-0.39, 0.29) is 18.9 Å². The Balaban J connectivity index is 1.80. The molecule has 1 fully saturated rings. The second-order valence-corrected chi connectivity index (χ2v) is 6.12. The molecule has 1 aliphatic carbocycles. The number of rotatable bonds is 7. The van der Waals surface area contributed by atoms with Crippen LogP contribution < -0.4 is 10.6 Å². The van der Waals surface area contributed by atoms with Crippen LogP contribution in [0, 0.1) is 5.92 Å². The van der Waals surface area contributed by atoms with Crippen molar-refractivity contribution >= 4 is 11.8 Å². The van der Waals surface area contributed by atoms with Gasteiger partial charge in [-0.15, -0.1) is 0 Å². The van der Waals surface area contributed by atoms with Gasteiger partial charge < -0.3 is 20.5 Å². The van der Waals surface area contributed by atoms with E-state index in [0.29, 0.717) is 12.3 Å². The number of carbonyl (C=O) groups excluding carboxylic acids is 2. The molecular formula is C15H21F3N2O4. The van der Waals surface area contributed by atoms with Gasteiger partial charge in [0.05, 0.1) is 25.2 Å². The molecule has 9 heteroatoms. The maximum Gasteiger partial charge on any atom is 0.405 e. The summed E-state index contributed by atoms with van der Waals surface area (Å²) in [5.41, 5.74) is 0. The molecule has 2 amide bonds. The summed E-state index contributed by atoms with van der Waals surface area (Å²) in [7, 11) is 0. The molecule has 1 aliphatic heterocycles. The minimum Gasteiger partial charge on any atom is -0.394 e. The molecule has 0 aromatic rings. The molecule has 0 aromatic carbocycles. The van der Waals surface area contributed by atoms with Crippen molar-refractivity contribution in [1.29, 1.82) is 0 Å². The molecule has 1 saturated carbocycles. The highest BCUT2D eigenvalue weighted by atomic mass is 19.4. The Labute approximate surface area is 137 Å². The van der Waals surface area contributed by atoms with Gasteiger partial charge in [0.25, 0.3) is 0 Å². The van der Waals surface area contributed by atoms with Crippen LogP contribution in [-0.2, 0) is 14.3 Å². The molecule has 24 heavy (non-hydrogen) atoms. The van der Waals surface area contributed by atoms with Crippen LogP contribution >= 0.6 is 0 Å². The minimum atomic E-state index is -4.47. The Morgan fingerprint density at radius 1 is 1.17 bits per heavy atom. The van der Waals surface area contributed by atoms with Crippen LogP contribution in [0.4, 0.5) is 13.2 Å². The van der Waals surface area contributed by atoms with Crippen LogP contribution in [0.1, 0.15) is 25.7 Å². The second-order valence-electron chi connectivity index (χ2n) is 6.12. The first kappa shape index (κ1) is 18.7. The molecule has 3 atom stereocenters. The second kappa shape index (κ2) is 7.98. The Kier molecular flexibility index (Phi) is 6.22. The third-order valence-electron chi connectivity index (χ3n) is 3.83. The quantitative estimate of drug-likeness (QED) is 0.589. The van der Waals surface area contributed by atoms with Crippen LogP contribution in [0.15, 0.2) is 12.2 Å². The predicted molar refractivity (Wildman–Crippen MR) is 77.8 cm³/mol. The number of hydrogen-bond acceptors (Lipinski definition) is 4. The summed E-state index contributed by atoms with van der Waals surface area (Å²) >= 11 is 0. The normalized spacial score (nSPS) is 26.9. The molecule has 6 nitrogen and oxygen atoms in total. The standard InChI is InChI=1S/C15H21F3N2O4/c16-15(17,18)8-19-13(22)6-10-3-4-11(12(7-21)24-10)20-14(23)5-9-1-2-9/h3-4,9-12,21H,1-2,5-8H2,(H,19,22)(H,20,23)/t10-,11-,12+/m0/s1. The molecule has 0 bridgehead atoms. The minimum absolute atomic E-state index is 0.129. The van der Waals surface area contributed by atoms with Gasteiger partial charge in [0.1, 0.15) is 12.6 Å². The number of carbonyl (C=O) groups is 2. The number of hydrogen-bond donors (Lipinski definition) is 3. The lowest BCUT2D eigenvalue weighted by Crippen LogP contribution is -2.49. The fourth-order valence-corrected chi connectivity index (χ4v) is 2.42. The van der Waals surface area contributed by atoms with E-state index in [2.05, 4.69) is 5.32 Å². The SMILES string of the molecule is O=C(C[C@@H]1C=C[C@H](NC(=O)CC2CC2)[C@@H](CO)O1)NCC(F)(F)F. The van der Waals surface area contributed by atoms with Gasteiger partial charge in [-0.25, -0.2) is 0 Å². The van der Waals surface area contributed by atoms with E-state index >= 15 is 0 Å². The highest BCUT2D eigenvalue weighted by molar-refractivity contribution is 5.77. The lowest BCUT2D eigenvalue weighted by atomic mass is 10.0. The van der Waals surface area contributed by atoms with Crippen LogP contribution in [0.2, 0.25) is 0 Å². The summed E-state index contributed by atoms with van der Waals surface area (Å²) in [6, 6.07) is -0.518. The topological polar surface area (TPSA) is 87.7 Å². The van der Waals surface area contributed by atoms with Crippen LogP contribution in [-0.4, -0.2) is 54.5 Å². The van der Waals surface area contributed by atoms with Gasteiger partial charge >= 0.3 is 6.18 Å². The Morgan fingerprint density at radius 3 is 2.46 bits per heavy atom. The first-order valence-corrected chi connectivity index (χ1v) is 7.84. The molecule has 0 unspecified atom stereocenters. The number of halogens is 3. The van der Waals surface area contributed by atoms with Crippen molar-refractivity contribution in [3.63, 3.8) is 0 Å². The lowest BCUT2D eigenvalue weighted by Gasteiger charge is -2.31. The summed E-state index contributed by atoms with van der Waals surface area (Å²) in [6.45, 7) is -1.77. The van der Waals surface area contributed by atoms with Gasteiger partial charge in [0, 0.05) is 6.42 Å². The fraction of sp³-hybridized carbons (Fsp3) is 0.733. The van der Waals surface area contributed by atoms with Crippen molar-refractivity contribution < 1.29 is 32.6 Å². The summed E-state index contributed by atoms with van der Waals surface area (Å²) < 4.78 is 41.6. The number of alkyl halides is 3. The predicted octanol–water partition coefficient (Wildman–Crippen LogP) is 0.656. The maximum atomic E-state index is 12.0. The van der Waals surface area contributed by atoms with Crippen LogP contribution in [0.3, 0.4) is 0 Å². The largest absolute Gasteiger partial charge is 0.405 e. The average Bonchev–Trinajstić information content (AvgIpc) is 3.30. The van der Waals surface area contributed by atoms with Crippen molar-refractivity contribution in [2.24, 2.45) is 5.92 Å². The van der Waals surface area contributed by atoms with E-state index < -0.39 is 36.9 Å². The monoisotopic (exact) mass is 350 g/mol. The summed E-state index contributed by atoms with van der Waals surface area (Å²) in [6.07, 6.45) is -0.587. The Bertz CT molecular complexity index is 492. The third-order valence-corrected chi connectivity index (χ3v) is 3.83. The first-order chi connectivity index (χ1) is 11.3. The van der Waals surface area contributed by atoms with Crippen molar-refractivity contribution in [3.05, 3.63) is 12.2 Å². The summed E-state index contributed by atoms with van der Waals surface area (Å²) in [4.78, 5) is 23.3. The molecule has 0 spiro atoms. The Morgan fingerprint density at radius 2 is 1.88 bits per heavy atom. The van der Waals surface area contributed by atoms with Gasteiger partial charge in [0.2, 0.25) is 11.8 Å². The van der Waals surface area contributed by atoms with Crippen molar-refractivity contribution in [1.82, 2.24) is 10.6 Å². The zero-order chi connectivity index (χ0) is 17.7. The molecule has 2 rings (SSSR count). The number of nitrogens with one attached hydrogen (secondary N) is 2. The van der Waals surface area contributed by atoms with Crippen molar-refractivity contribution in [2.45, 2.75) is 50.1 Å². The van der Waals surface area contributed by atoms with Gasteiger partial charge in [-0.3, -0.25) is 9.59 Å². The van der Waals surface area contributed by atoms with Crippen LogP contribution in [0.5, 0.6) is 0 Å². The van der Waals surface area contributed by atoms with E-state index in [0.717, 1.165) is 12.8 Å². The van der Waals surface area contributed by atoms with E-state index in [1.165, 1.54) is 6.08 Å². The first-order valence-electron chi connectivity index (χ1n) is 7.84. The average molecular weight is 350 g/mol. The summed E-state index contributed by atoms with van der Waals surface area (Å²) in [5, 5.41) is 13.9. The zero-order valence-corrected chi connectivity index (χ0v) is 13.0. The molecular weight excluding hydrogens is 329 g/mol. The smallest absolute Gasteiger partial charge is 0.394 e. The number of aliphatic hydroxyl groups excluding tert-OH is 1. The maximum absolute atomic E-state index is 12.0. The van der Waals surface area contributed by atoms with E-state index in [9.17, 15) is 27.9 Å². The molecule has 2 aliphatic rings. The van der Waals surface area contributed by atoms with Crippen molar-refractivity contribution in [2.75, 3.05) is 13.2 Å². The van der Waals surface area contributed by atoms with E-state index in [4.69, 9.17) is 4.74 Å². The van der Waals surface area contributed by atoms with Gasteiger partial charge in [-0.2, -0.15) is 13.2 Å². The molecule has 1 heterocycles. The number of aliphatic hydroxyl groups is 1. The van der Waals surface area contributed by atoms with Crippen LogP contribution in [0.25, 0.3) is 0 Å². The highest BCUT2D eigenvalue weighted by Gasteiger charge is 2.32. The van der Waals surface area contributed by atoms with Gasteiger partial charge in [-0.1, -0.05) is 12.2 Å². The molecule has 3 N–H and O–H groups in total. The van der Waals surface area contributed by atoms with Gasteiger partial charge in [0.15, 0.2) is 0 Å². The fourth-order valence-electron chi connectivity index (χ4n) is 2.42. The highest BCUT2D eigenvalue weighted by Crippen LogP contribution is 2.32. The molecule has 0 saturated heterocycles. The molecule has 0 aromatic heterocycles. The van der Waals surface area contributed by atoms with Gasteiger partial charge in [-0.05, 0) is 18.8 Å². The molecule has 0 radical (unpaired) electrons. The Hall–Kier alpha value is -1.61. The third kappa shape index (κ3) is 6.48. The van der Waals surface area contributed by atoms with E-state index in [1.54, 1.807) is 11.4 Å². The number of ether oxygens (including phenoxy) is 1.